The first-order chi connectivity index (χ1) is 5.79. The first-order valence-electron chi connectivity index (χ1n) is 4.65. The predicted octanol–water partition coefficient (Wildman–Crippen LogP) is 1.10. The maximum absolute atomic E-state index is 9.62. The molecule has 0 aliphatic heterocycles. The van der Waals surface area contributed by atoms with E-state index in [-0.39, 0.29) is 6.10 Å². The molecule has 1 rings (SSSR count). The maximum atomic E-state index is 9.62. The van der Waals surface area contributed by atoms with Gasteiger partial charge in [0.25, 0.3) is 0 Å². The molecule has 72 valence electrons. The van der Waals surface area contributed by atoms with Crippen LogP contribution >= 0.6 is 11.8 Å². The zero-order valence-corrected chi connectivity index (χ0v) is 8.73. The average molecular weight is 189 g/mol. The van der Waals surface area contributed by atoms with Crippen molar-refractivity contribution in [1.29, 1.82) is 0 Å². The summed E-state index contributed by atoms with van der Waals surface area (Å²) in [7, 11) is 1.99. The molecule has 0 aromatic heterocycles. The van der Waals surface area contributed by atoms with Crippen LogP contribution in [0.2, 0.25) is 0 Å². The SMILES string of the molecule is CNCC[C@H]1CC[C@@H](O)[C@@H]1SC. The van der Waals surface area contributed by atoms with Gasteiger partial charge in [0.2, 0.25) is 0 Å². The van der Waals surface area contributed by atoms with Gasteiger partial charge in [0.05, 0.1) is 6.10 Å². The summed E-state index contributed by atoms with van der Waals surface area (Å²) in [4.78, 5) is 0. The van der Waals surface area contributed by atoms with Crippen LogP contribution in [0.25, 0.3) is 0 Å². The van der Waals surface area contributed by atoms with E-state index >= 15 is 0 Å². The van der Waals surface area contributed by atoms with E-state index in [0.29, 0.717) is 5.25 Å². The lowest BCUT2D eigenvalue weighted by atomic mass is 10.0. The minimum Gasteiger partial charge on any atom is -0.392 e. The lowest BCUT2D eigenvalue weighted by Gasteiger charge is -2.19. The molecule has 0 aromatic rings. The van der Waals surface area contributed by atoms with Crippen molar-refractivity contribution in [3.05, 3.63) is 0 Å². The molecule has 0 radical (unpaired) electrons. The van der Waals surface area contributed by atoms with Crippen molar-refractivity contribution in [3.63, 3.8) is 0 Å². The fourth-order valence-corrected chi connectivity index (χ4v) is 3.12. The van der Waals surface area contributed by atoms with E-state index in [1.54, 1.807) is 0 Å². The quantitative estimate of drug-likeness (QED) is 0.694. The summed E-state index contributed by atoms with van der Waals surface area (Å²) in [5.74, 6) is 0.724. The Morgan fingerprint density at radius 1 is 1.50 bits per heavy atom. The number of aliphatic hydroxyl groups is 1. The van der Waals surface area contributed by atoms with Crippen molar-refractivity contribution in [3.8, 4) is 0 Å². The van der Waals surface area contributed by atoms with Crippen LogP contribution < -0.4 is 5.32 Å². The highest BCUT2D eigenvalue weighted by Crippen LogP contribution is 2.35. The van der Waals surface area contributed by atoms with Crippen molar-refractivity contribution in [2.75, 3.05) is 19.8 Å². The monoisotopic (exact) mass is 189 g/mol. The van der Waals surface area contributed by atoms with Gasteiger partial charge in [-0.3, -0.25) is 0 Å². The van der Waals surface area contributed by atoms with Crippen LogP contribution in [0.15, 0.2) is 0 Å². The third kappa shape index (κ3) is 2.38. The Labute approximate surface area is 79.1 Å². The Bertz CT molecular complexity index is 132. The summed E-state index contributed by atoms with van der Waals surface area (Å²) < 4.78 is 0. The first-order valence-corrected chi connectivity index (χ1v) is 5.94. The summed E-state index contributed by atoms with van der Waals surface area (Å²) >= 11 is 1.82. The summed E-state index contributed by atoms with van der Waals surface area (Å²) in [6, 6.07) is 0. The second-order valence-corrected chi connectivity index (χ2v) is 4.51. The zero-order valence-electron chi connectivity index (χ0n) is 7.92. The Morgan fingerprint density at radius 2 is 2.25 bits per heavy atom. The van der Waals surface area contributed by atoms with Crippen LogP contribution in [0.1, 0.15) is 19.3 Å². The van der Waals surface area contributed by atoms with Gasteiger partial charge in [0, 0.05) is 5.25 Å². The highest BCUT2D eigenvalue weighted by atomic mass is 32.2. The van der Waals surface area contributed by atoms with E-state index in [0.717, 1.165) is 18.9 Å². The van der Waals surface area contributed by atoms with E-state index in [9.17, 15) is 5.11 Å². The van der Waals surface area contributed by atoms with Crippen LogP contribution in [0, 0.1) is 5.92 Å². The standard InChI is InChI=1S/C9H19NOS/c1-10-6-5-7-3-4-8(11)9(7)12-2/h7-11H,3-6H2,1-2H3/t7-,8-,9-/m1/s1. The van der Waals surface area contributed by atoms with E-state index in [2.05, 4.69) is 11.6 Å². The molecule has 0 bridgehead atoms. The topological polar surface area (TPSA) is 32.3 Å². The van der Waals surface area contributed by atoms with Crippen molar-refractivity contribution in [1.82, 2.24) is 5.32 Å². The molecule has 12 heavy (non-hydrogen) atoms. The Morgan fingerprint density at radius 3 is 2.83 bits per heavy atom. The second-order valence-electron chi connectivity index (χ2n) is 3.50. The van der Waals surface area contributed by atoms with Gasteiger partial charge in [-0.05, 0) is 45.0 Å². The molecule has 0 heterocycles. The minimum absolute atomic E-state index is 0.0538. The van der Waals surface area contributed by atoms with Crippen LogP contribution in [0.5, 0.6) is 0 Å². The lowest BCUT2D eigenvalue weighted by Crippen LogP contribution is -2.24. The molecular formula is C9H19NOS. The highest BCUT2D eigenvalue weighted by Gasteiger charge is 2.33. The summed E-state index contributed by atoms with van der Waals surface area (Å²) in [6.07, 6.45) is 5.46. The predicted molar refractivity (Wildman–Crippen MR) is 54.6 cm³/mol. The molecule has 0 unspecified atom stereocenters. The first kappa shape index (κ1) is 10.4. The zero-order chi connectivity index (χ0) is 8.97. The third-order valence-corrected chi connectivity index (χ3v) is 3.96. The molecule has 1 saturated carbocycles. The fraction of sp³-hybridized carbons (Fsp3) is 1.00. The normalized spacial score (nSPS) is 35.8. The van der Waals surface area contributed by atoms with E-state index in [4.69, 9.17) is 0 Å². The van der Waals surface area contributed by atoms with Gasteiger partial charge in [-0.1, -0.05) is 0 Å². The molecule has 2 nitrogen and oxygen atoms in total. The Balaban J connectivity index is 2.32. The summed E-state index contributed by atoms with van der Waals surface area (Å²) in [5.41, 5.74) is 0. The molecule has 1 aliphatic rings. The third-order valence-electron chi connectivity index (χ3n) is 2.71. The number of aliphatic hydroxyl groups excluding tert-OH is 1. The van der Waals surface area contributed by atoms with Crippen LogP contribution in [-0.2, 0) is 0 Å². The molecule has 0 amide bonds. The van der Waals surface area contributed by atoms with Crippen LogP contribution in [-0.4, -0.2) is 36.3 Å². The van der Waals surface area contributed by atoms with Crippen LogP contribution in [0.4, 0.5) is 0 Å². The number of rotatable bonds is 4. The molecule has 0 aromatic carbocycles. The Hall–Kier alpha value is 0.270. The van der Waals surface area contributed by atoms with Crippen molar-refractivity contribution >= 4 is 11.8 Å². The molecule has 1 aliphatic carbocycles. The number of thioether (sulfide) groups is 1. The number of hydrogen-bond donors (Lipinski definition) is 2. The van der Waals surface area contributed by atoms with Gasteiger partial charge in [-0.25, -0.2) is 0 Å². The Kier molecular flexibility index (Phi) is 4.40. The number of nitrogens with one attached hydrogen (secondary N) is 1. The van der Waals surface area contributed by atoms with Gasteiger partial charge in [-0.15, -0.1) is 0 Å². The molecule has 1 fully saturated rings. The van der Waals surface area contributed by atoms with Gasteiger partial charge >= 0.3 is 0 Å². The van der Waals surface area contributed by atoms with Crippen molar-refractivity contribution in [2.24, 2.45) is 5.92 Å². The van der Waals surface area contributed by atoms with Crippen molar-refractivity contribution < 1.29 is 5.11 Å². The van der Waals surface area contributed by atoms with E-state index in [1.165, 1.54) is 12.8 Å². The smallest absolute Gasteiger partial charge is 0.0661 e. The van der Waals surface area contributed by atoms with Gasteiger partial charge in [0.1, 0.15) is 0 Å². The van der Waals surface area contributed by atoms with Gasteiger partial charge < -0.3 is 10.4 Å². The molecular weight excluding hydrogens is 170 g/mol. The molecule has 0 saturated heterocycles. The van der Waals surface area contributed by atoms with E-state index in [1.807, 2.05) is 18.8 Å². The fourth-order valence-electron chi connectivity index (χ4n) is 2.02. The average Bonchev–Trinajstić information content (AvgIpc) is 2.43. The summed E-state index contributed by atoms with van der Waals surface area (Å²) in [5, 5.41) is 13.3. The minimum atomic E-state index is -0.0538. The van der Waals surface area contributed by atoms with Gasteiger partial charge in [0.15, 0.2) is 0 Å². The van der Waals surface area contributed by atoms with Crippen molar-refractivity contribution in [2.45, 2.75) is 30.6 Å². The summed E-state index contributed by atoms with van der Waals surface area (Å²) in [6.45, 7) is 1.08. The number of hydrogen-bond acceptors (Lipinski definition) is 3. The molecule has 2 N–H and O–H groups in total. The maximum Gasteiger partial charge on any atom is 0.0661 e. The second kappa shape index (κ2) is 5.10. The largest absolute Gasteiger partial charge is 0.392 e. The van der Waals surface area contributed by atoms with Crippen LogP contribution in [0.3, 0.4) is 0 Å². The lowest BCUT2D eigenvalue weighted by molar-refractivity contribution is 0.183. The molecule has 3 heteroatoms. The van der Waals surface area contributed by atoms with Gasteiger partial charge in [-0.2, -0.15) is 11.8 Å². The van der Waals surface area contributed by atoms with E-state index < -0.39 is 0 Å². The molecule has 3 atom stereocenters. The highest BCUT2D eigenvalue weighted by molar-refractivity contribution is 7.99. The molecule has 0 spiro atoms.